The van der Waals surface area contributed by atoms with Gasteiger partial charge in [-0.15, -0.1) is 0 Å². The standard InChI is InChI=1S/C20H21N3O3/c21-19(24)15-3-1-2-4-18(15)26-14-8-5-12(6-9-14)20(25)23-17-11-13-7-10-16(17)22-13/h1-6,8-9,13,16-17,22H,7,10-11H2,(H2,21,24)(H,23,25). The quantitative estimate of drug-likeness (QED) is 0.770. The fourth-order valence-electron chi connectivity index (χ4n) is 3.80. The summed E-state index contributed by atoms with van der Waals surface area (Å²) >= 11 is 0. The van der Waals surface area contributed by atoms with Crippen LogP contribution in [0.1, 0.15) is 40.0 Å². The second kappa shape index (κ2) is 6.80. The van der Waals surface area contributed by atoms with Gasteiger partial charge >= 0.3 is 0 Å². The van der Waals surface area contributed by atoms with Crippen LogP contribution < -0.4 is 21.1 Å². The fourth-order valence-corrected chi connectivity index (χ4v) is 3.80. The highest BCUT2D eigenvalue weighted by atomic mass is 16.5. The first-order valence-corrected chi connectivity index (χ1v) is 8.84. The molecule has 0 saturated carbocycles. The van der Waals surface area contributed by atoms with E-state index in [1.165, 1.54) is 6.42 Å². The molecule has 2 bridgehead atoms. The van der Waals surface area contributed by atoms with Crippen LogP contribution in [0.25, 0.3) is 0 Å². The average molecular weight is 351 g/mol. The summed E-state index contributed by atoms with van der Waals surface area (Å²) in [6.45, 7) is 0. The Bertz CT molecular complexity index is 834. The maximum absolute atomic E-state index is 12.4. The van der Waals surface area contributed by atoms with E-state index < -0.39 is 5.91 Å². The number of hydrogen-bond acceptors (Lipinski definition) is 4. The third kappa shape index (κ3) is 3.28. The number of benzene rings is 2. The first-order chi connectivity index (χ1) is 12.6. The molecule has 2 amide bonds. The predicted molar refractivity (Wildman–Crippen MR) is 97.3 cm³/mol. The molecule has 6 heteroatoms. The molecule has 2 saturated heterocycles. The van der Waals surface area contributed by atoms with Gasteiger partial charge in [0.15, 0.2) is 0 Å². The Hall–Kier alpha value is -2.86. The van der Waals surface area contributed by atoms with Gasteiger partial charge in [-0.2, -0.15) is 0 Å². The summed E-state index contributed by atoms with van der Waals surface area (Å²) in [5, 5.41) is 6.63. The molecule has 3 unspecified atom stereocenters. The van der Waals surface area contributed by atoms with Crippen LogP contribution >= 0.6 is 0 Å². The molecule has 0 aromatic heterocycles. The van der Waals surface area contributed by atoms with E-state index in [1.807, 2.05) is 0 Å². The molecule has 2 aliphatic heterocycles. The van der Waals surface area contributed by atoms with Crippen LogP contribution in [0.5, 0.6) is 11.5 Å². The molecule has 26 heavy (non-hydrogen) atoms. The number of nitrogens with one attached hydrogen (secondary N) is 2. The van der Waals surface area contributed by atoms with E-state index in [4.69, 9.17) is 10.5 Å². The van der Waals surface area contributed by atoms with Crippen LogP contribution in [0.15, 0.2) is 48.5 Å². The number of amides is 2. The van der Waals surface area contributed by atoms with Gasteiger partial charge in [0.2, 0.25) is 0 Å². The predicted octanol–water partition coefficient (Wildman–Crippen LogP) is 2.20. The Morgan fingerprint density at radius 1 is 1.08 bits per heavy atom. The van der Waals surface area contributed by atoms with E-state index >= 15 is 0 Å². The maximum Gasteiger partial charge on any atom is 0.252 e. The summed E-state index contributed by atoms with van der Waals surface area (Å²) in [5.41, 5.74) is 6.26. The highest BCUT2D eigenvalue weighted by Crippen LogP contribution is 2.29. The summed E-state index contributed by atoms with van der Waals surface area (Å²) in [6, 6.07) is 14.8. The van der Waals surface area contributed by atoms with Crippen molar-refractivity contribution in [2.45, 2.75) is 37.4 Å². The summed E-state index contributed by atoms with van der Waals surface area (Å²) in [4.78, 5) is 23.9. The lowest BCUT2D eigenvalue weighted by Crippen LogP contribution is -2.42. The van der Waals surface area contributed by atoms with Crippen molar-refractivity contribution in [3.8, 4) is 11.5 Å². The smallest absolute Gasteiger partial charge is 0.252 e. The zero-order valence-electron chi connectivity index (χ0n) is 14.3. The Kier molecular flexibility index (Phi) is 4.34. The van der Waals surface area contributed by atoms with Gasteiger partial charge in [0.1, 0.15) is 11.5 Å². The number of ether oxygens (including phenoxy) is 1. The van der Waals surface area contributed by atoms with Crippen molar-refractivity contribution in [3.63, 3.8) is 0 Å². The van der Waals surface area contributed by atoms with Gasteiger partial charge in [-0.25, -0.2) is 0 Å². The molecular formula is C20H21N3O3. The van der Waals surface area contributed by atoms with Gasteiger partial charge in [-0.3, -0.25) is 9.59 Å². The lowest BCUT2D eigenvalue weighted by Gasteiger charge is -2.21. The molecule has 0 radical (unpaired) electrons. The number of carbonyl (C=O) groups excluding carboxylic acids is 2. The number of carbonyl (C=O) groups is 2. The van der Waals surface area contributed by atoms with Crippen molar-refractivity contribution in [1.82, 2.24) is 10.6 Å². The minimum atomic E-state index is -0.545. The van der Waals surface area contributed by atoms with Crippen LogP contribution in [-0.4, -0.2) is 29.9 Å². The second-order valence-electron chi connectivity index (χ2n) is 6.85. The van der Waals surface area contributed by atoms with Crippen molar-refractivity contribution >= 4 is 11.8 Å². The molecule has 2 heterocycles. The Morgan fingerprint density at radius 2 is 1.85 bits per heavy atom. The largest absolute Gasteiger partial charge is 0.457 e. The topological polar surface area (TPSA) is 93.5 Å². The van der Waals surface area contributed by atoms with Crippen LogP contribution in [-0.2, 0) is 0 Å². The molecule has 2 aromatic rings. The number of nitrogens with two attached hydrogens (primary N) is 1. The van der Waals surface area contributed by atoms with E-state index in [-0.39, 0.29) is 11.9 Å². The minimum Gasteiger partial charge on any atom is -0.457 e. The van der Waals surface area contributed by atoms with Gasteiger partial charge in [0.05, 0.1) is 5.56 Å². The van der Waals surface area contributed by atoms with Crippen molar-refractivity contribution in [2.24, 2.45) is 5.73 Å². The van der Waals surface area contributed by atoms with Gasteiger partial charge in [-0.05, 0) is 55.7 Å². The van der Waals surface area contributed by atoms with Crippen LogP contribution in [0.3, 0.4) is 0 Å². The molecule has 134 valence electrons. The van der Waals surface area contributed by atoms with Gasteiger partial charge in [0, 0.05) is 23.7 Å². The normalized spacial score (nSPS) is 23.6. The maximum atomic E-state index is 12.4. The van der Waals surface area contributed by atoms with Crippen molar-refractivity contribution in [2.75, 3.05) is 0 Å². The van der Waals surface area contributed by atoms with E-state index in [2.05, 4.69) is 10.6 Å². The molecule has 4 rings (SSSR count). The lowest BCUT2D eigenvalue weighted by molar-refractivity contribution is 0.0930. The molecule has 3 atom stereocenters. The number of fused-ring (bicyclic) bond motifs is 2. The highest BCUT2D eigenvalue weighted by molar-refractivity contribution is 5.96. The first-order valence-electron chi connectivity index (χ1n) is 8.84. The average Bonchev–Trinajstić information content (AvgIpc) is 3.25. The van der Waals surface area contributed by atoms with Crippen molar-refractivity contribution in [3.05, 3.63) is 59.7 Å². The van der Waals surface area contributed by atoms with Crippen molar-refractivity contribution < 1.29 is 14.3 Å². The van der Waals surface area contributed by atoms with E-state index in [0.717, 1.165) is 12.8 Å². The summed E-state index contributed by atoms with van der Waals surface area (Å²) in [6.07, 6.45) is 3.33. The number of para-hydroxylation sites is 1. The highest BCUT2D eigenvalue weighted by Gasteiger charge is 2.39. The molecule has 2 aliphatic rings. The Balaban J connectivity index is 1.42. The monoisotopic (exact) mass is 351 g/mol. The summed E-state index contributed by atoms with van der Waals surface area (Å²) < 4.78 is 5.74. The third-order valence-electron chi connectivity index (χ3n) is 5.11. The lowest BCUT2D eigenvalue weighted by atomic mass is 9.95. The zero-order chi connectivity index (χ0) is 18.1. The number of hydrogen-bond donors (Lipinski definition) is 3. The van der Waals surface area contributed by atoms with Gasteiger partial charge < -0.3 is 21.1 Å². The van der Waals surface area contributed by atoms with Crippen LogP contribution in [0.4, 0.5) is 0 Å². The molecular weight excluding hydrogens is 330 g/mol. The van der Waals surface area contributed by atoms with Crippen LogP contribution in [0, 0.1) is 0 Å². The Labute approximate surface area is 151 Å². The van der Waals surface area contributed by atoms with E-state index in [1.54, 1.807) is 48.5 Å². The zero-order valence-corrected chi connectivity index (χ0v) is 14.3. The summed E-state index contributed by atoms with van der Waals surface area (Å²) in [7, 11) is 0. The third-order valence-corrected chi connectivity index (χ3v) is 5.11. The number of primary amides is 1. The SMILES string of the molecule is NC(=O)c1ccccc1Oc1ccc(C(=O)NC2CC3CCC2N3)cc1. The molecule has 2 aromatic carbocycles. The second-order valence-corrected chi connectivity index (χ2v) is 6.85. The van der Waals surface area contributed by atoms with Gasteiger partial charge in [0.25, 0.3) is 11.8 Å². The first kappa shape index (κ1) is 16.6. The van der Waals surface area contributed by atoms with Crippen LogP contribution in [0.2, 0.25) is 0 Å². The molecule has 6 nitrogen and oxygen atoms in total. The molecule has 4 N–H and O–H groups in total. The minimum absolute atomic E-state index is 0.0755. The molecule has 2 fully saturated rings. The fraction of sp³-hybridized carbons (Fsp3) is 0.300. The molecule has 0 spiro atoms. The Morgan fingerprint density at radius 3 is 2.50 bits per heavy atom. The summed E-state index contributed by atoms with van der Waals surface area (Å²) in [5.74, 6) is 0.312. The van der Waals surface area contributed by atoms with Crippen molar-refractivity contribution in [1.29, 1.82) is 0 Å². The van der Waals surface area contributed by atoms with Gasteiger partial charge in [-0.1, -0.05) is 12.1 Å². The van der Waals surface area contributed by atoms with E-state index in [0.29, 0.717) is 34.7 Å². The van der Waals surface area contributed by atoms with E-state index in [9.17, 15) is 9.59 Å². The number of rotatable bonds is 5. The molecule has 0 aliphatic carbocycles.